The van der Waals surface area contributed by atoms with Crippen LogP contribution in [0.15, 0.2) is 76.6 Å². The molecule has 0 N–H and O–H groups in total. The largest absolute Gasteiger partial charge is 0.488 e. The molecule has 0 aliphatic heterocycles. The van der Waals surface area contributed by atoms with E-state index in [0.717, 1.165) is 42.6 Å². The van der Waals surface area contributed by atoms with Crippen LogP contribution in [0.4, 0.5) is 0 Å². The third kappa shape index (κ3) is 5.30. The van der Waals surface area contributed by atoms with Crippen molar-refractivity contribution in [1.82, 2.24) is 9.66 Å². The average Bonchev–Trinajstić information content (AvgIpc) is 2.89. The van der Waals surface area contributed by atoms with E-state index in [1.165, 1.54) is 16.7 Å². The lowest BCUT2D eigenvalue weighted by molar-refractivity contribution is 0.306. The summed E-state index contributed by atoms with van der Waals surface area (Å²) in [5.41, 5.74) is 3.55. The summed E-state index contributed by atoms with van der Waals surface area (Å²) in [6.07, 6.45) is 7.19. The number of halogens is 1. The van der Waals surface area contributed by atoms with E-state index < -0.39 is 0 Å². The molecule has 0 amide bonds. The second-order valence-corrected chi connectivity index (χ2v) is 9.58. The molecule has 0 radical (unpaired) electrons. The number of fused-ring (bicyclic) bond motifs is 1. The van der Waals surface area contributed by atoms with E-state index in [1.807, 2.05) is 24.3 Å². The molecule has 0 spiro atoms. The Morgan fingerprint density at radius 3 is 2.63 bits per heavy atom. The predicted molar refractivity (Wildman–Crippen MR) is 142 cm³/mol. The molecule has 0 bridgehead atoms. The third-order valence-corrected chi connectivity index (χ3v) is 6.78. The van der Waals surface area contributed by atoms with Gasteiger partial charge >= 0.3 is 0 Å². The van der Waals surface area contributed by atoms with Gasteiger partial charge in [0.2, 0.25) is 0 Å². The Labute approximate surface area is 210 Å². The summed E-state index contributed by atoms with van der Waals surface area (Å²) in [7, 11) is 0. The highest BCUT2D eigenvalue weighted by atomic mass is 35.5. The van der Waals surface area contributed by atoms with Gasteiger partial charge < -0.3 is 4.74 Å². The van der Waals surface area contributed by atoms with Gasteiger partial charge in [0.15, 0.2) is 0 Å². The lowest BCUT2D eigenvalue weighted by atomic mass is 9.88. The van der Waals surface area contributed by atoms with Crippen molar-refractivity contribution in [3.05, 3.63) is 105 Å². The summed E-state index contributed by atoms with van der Waals surface area (Å²) in [4.78, 5) is 18.3. The van der Waals surface area contributed by atoms with E-state index in [9.17, 15) is 4.79 Å². The smallest absolute Gasteiger partial charge is 0.282 e. The van der Waals surface area contributed by atoms with Crippen molar-refractivity contribution < 1.29 is 4.74 Å². The molecule has 5 nitrogen and oxygen atoms in total. The molecule has 5 rings (SSSR count). The van der Waals surface area contributed by atoms with Gasteiger partial charge in [0.05, 0.1) is 17.1 Å². The molecule has 1 fully saturated rings. The van der Waals surface area contributed by atoms with Crippen LogP contribution in [-0.4, -0.2) is 15.9 Å². The first kappa shape index (κ1) is 23.3. The molecule has 178 valence electrons. The van der Waals surface area contributed by atoms with E-state index in [2.05, 4.69) is 36.3 Å². The van der Waals surface area contributed by atoms with Crippen molar-refractivity contribution in [2.24, 2.45) is 5.10 Å². The van der Waals surface area contributed by atoms with Gasteiger partial charge in [0, 0.05) is 16.5 Å². The minimum Gasteiger partial charge on any atom is -0.488 e. The van der Waals surface area contributed by atoms with Gasteiger partial charge in [-0.25, -0.2) is 4.98 Å². The molecular weight excluding hydrogens is 458 g/mol. The van der Waals surface area contributed by atoms with Gasteiger partial charge in [-0.2, -0.15) is 9.78 Å². The van der Waals surface area contributed by atoms with Crippen LogP contribution in [0.3, 0.4) is 0 Å². The maximum atomic E-state index is 13.5. The molecule has 0 unspecified atom stereocenters. The summed E-state index contributed by atoms with van der Waals surface area (Å²) >= 11 is 6.30. The Kier molecular flexibility index (Phi) is 6.96. The quantitative estimate of drug-likeness (QED) is 0.280. The van der Waals surface area contributed by atoms with Gasteiger partial charge in [0.1, 0.15) is 18.2 Å². The van der Waals surface area contributed by atoms with E-state index in [-0.39, 0.29) is 11.5 Å². The zero-order chi connectivity index (χ0) is 24.2. The van der Waals surface area contributed by atoms with Gasteiger partial charge in [-0.15, -0.1) is 0 Å². The second kappa shape index (κ2) is 10.4. The van der Waals surface area contributed by atoms with Gasteiger partial charge in [-0.05, 0) is 55.7 Å². The van der Waals surface area contributed by atoms with Gasteiger partial charge in [-0.3, -0.25) is 4.79 Å². The standard InChI is InChI=1S/C29H28ClN3O2/c1-20-11-13-21(14-12-20)19-35-27-16-15-24(30)17-23(27)18-31-33-28(22-7-3-2-4-8-22)32-26-10-6-5-9-25(26)29(33)34/h5-6,9-18,22H,2-4,7-8,19H2,1H3. The van der Waals surface area contributed by atoms with Crippen LogP contribution in [-0.2, 0) is 6.61 Å². The molecule has 3 aromatic carbocycles. The van der Waals surface area contributed by atoms with Crippen LogP contribution in [0.1, 0.15) is 60.5 Å². The molecule has 4 aromatic rings. The minimum atomic E-state index is -0.156. The number of aryl methyl sites for hydroxylation is 1. The zero-order valence-corrected chi connectivity index (χ0v) is 20.5. The van der Waals surface area contributed by atoms with Gasteiger partial charge in [0.25, 0.3) is 5.56 Å². The molecule has 0 atom stereocenters. The summed E-state index contributed by atoms with van der Waals surface area (Å²) in [5.74, 6) is 1.60. The van der Waals surface area contributed by atoms with Crippen LogP contribution in [0.5, 0.6) is 5.75 Å². The summed E-state index contributed by atoms with van der Waals surface area (Å²) < 4.78 is 7.58. The Hall–Kier alpha value is -3.44. The topological polar surface area (TPSA) is 56.5 Å². The maximum Gasteiger partial charge on any atom is 0.282 e. The lowest BCUT2D eigenvalue weighted by Crippen LogP contribution is -2.25. The monoisotopic (exact) mass is 485 g/mol. The first-order chi connectivity index (χ1) is 17.1. The normalized spacial score (nSPS) is 14.6. The Balaban J connectivity index is 1.51. The lowest BCUT2D eigenvalue weighted by Gasteiger charge is -2.22. The van der Waals surface area contributed by atoms with Crippen molar-refractivity contribution in [3.63, 3.8) is 0 Å². The summed E-state index contributed by atoms with van der Waals surface area (Å²) in [5, 5.41) is 5.78. The van der Waals surface area contributed by atoms with Crippen LogP contribution in [0.25, 0.3) is 10.9 Å². The Morgan fingerprint density at radius 2 is 1.83 bits per heavy atom. The fraction of sp³-hybridized carbons (Fsp3) is 0.276. The van der Waals surface area contributed by atoms with Crippen LogP contribution in [0.2, 0.25) is 5.02 Å². The van der Waals surface area contributed by atoms with E-state index in [4.69, 9.17) is 21.3 Å². The third-order valence-electron chi connectivity index (χ3n) is 6.55. The SMILES string of the molecule is Cc1ccc(COc2ccc(Cl)cc2C=Nn2c(C3CCCCC3)nc3ccccc3c2=O)cc1. The number of hydrogen-bond acceptors (Lipinski definition) is 4. The van der Waals surface area contributed by atoms with Crippen molar-refractivity contribution in [1.29, 1.82) is 0 Å². The maximum absolute atomic E-state index is 13.5. The highest BCUT2D eigenvalue weighted by Gasteiger charge is 2.22. The van der Waals surface area contributed by atoms with Crippen molar-refractivity contribution in [2.45, 2.75) is 51.6 Å². The molecule has 1 aliphatic rings. The van der Waals surface area contributed by atoms with Crippen molar-refractivity contribution in [3.8, 4) is 5.75 Å². The van der Waals surface area contributed by atoms with Crippen molar-refractivity contribution in [2.75, 3.05) is 0 Å². The summed E-state index contributed by atoms with van der Waals surface area (Å²) in [6, 6.07) is 21.1. The molecule has 1 aromatic heterocycles. The van der Waals surface area contributed by atoms with Crippen LogP contribution >= 0.6 is 11.6 Å². The van der Waals surface area contributed by atoms with Crippen LogP contribution < -0.4 is 10.3 Å². The molecule has 35 heavy (non-hydrogen) atoms. The predicted octanol–water partition coefficient (Wildman–Crippen LogP) is 6.87. The Morgan fingerprint density at radius 1 is 1.06 bits per heavy atom. The van der Waals surface area contributed by atoms with Gasteiger partial charge in [-0.1, -0.05) is 72.8 Å². The number of nitrogens with zero attached hydrogens (tertiary/aromatic N) is 3. The number of hydrogen-bond donors (Lipinski definition) is 0. The second-order valence-electron chi connectivity index (χ2n) is 9.14. The molecule has 1 aliphatic carbocycles. The first-order valence-electron chi connectivity index (χ1n) is 12.1. The highest BCUT2D eigenvalue weighted by Crippen LogP contribution is 2.32. The molecule has 1 saturated carbocycles. The van der Waals surface area contributed by atoms with Crippen LogP contribution in [0, 0.1) is 6.92 Å². The first-order valence-corrected chi connectivity index (χ1v) is 12.5. The molecule has 1 heterocycles. The number of benzene rings is 3. The van der Waals surface area contributed by atoms with E-state index in [1.54, 1.807) is 24.4 Å². The molecule has 0 saturated heterocycles. The summed E-state index contributed by atoms with van der Waals surface area (Å²) in [6.45, 7) is 2.48. The highest BCUT2D eigenvalue weighted by molar-refractivity contribution is 6.30. The van der Waals surface area contributed by atoms with E-state index >= 15 is 0 Å². The minimum absolute atomic E-state index is 0.156. The fourth-order valence-corrected chi connectivity index (χ4v) is 4.78. The Bertz CT molecular complexity index is 1420. The average molecular weight is 486 g/mol. The number of para-hydroxylation sites is 1. The molecule has 6 heteroatoms. The number of aromatic nitrogens is 2. The number of rotatable bonds is 6. The zero-order valence-electron chi connectivity index (χ0n) is 19.8. The fourth-order valence-electron chi connectivity index (χ4n) is 4.59. The van der Waals surface area contributed by atoms with E-state index in [0.29, 0.717) is 28.3 Å². The van der Waals surface area contributed by atoms with Crippen molar-refractivity contribution >= 4 is 28.7 Å². The number of ether oxygens (including phenoxy) is 1. The molecular formula is C29H28ClN3O2.